The molecule has 108 valence electrons. The molecule has 0 unspecified atom stereocenters. The molecule has 1 heterocycles. The van der Waals surface area contributed by atoms with E-state index in [1.807, 2.05) is 24.3 Å². The average molecular weight is 322 g/mol. The molecule has 5 heteroatoms. The molecule has 0 atom stereocenters. The largest absolute Gasteiger partial charge is 0.484 e. The summed E-state index contributed by atoms with van der Waals surface area (Å²) in [5.41, 5.74) is 2.16. The Labute approximate surface area is 133 Å². The Morgan fingerprint density at radius 2 is 1.86 bits per heavy atom. The van der Waals surface area contributed by atoms with Crippen molar-refractivity contribution in [2.75, 3.05) is 18.1 Å². The highest BCUT2D eigenvalue weighted by Gasteiger charge is 2.24. The summed E-state index contributed by atoms with van der Waals surface area (Å²) in [6, 6.07) is 12.8. The minimum atomic E-state index is -0.0731. The van der Waals surface area contributed by atoms with Gasteiger partial charge in [-0.3, -0.25) is 4.79 Å². The van der Waals surface area contributed by atoms with Crippen molar-refractivity contribution < 1.29 is 9.53 Å². The van der Waals surface area contributed by atoms with Crippen molar-refractivity contribution in [3.63, 3.8) is 0 Å². The molecule has 0 spiro atoms. The van der Waals surface area contributed by atoms with Gasteiger partial charge in [0.15, 0.2) is 6.61 Å². The normalized spacial score (nSPS) is 13.1. The Balaban J connectivity index is 1.68. The molecule has 3 nitrogen and oxygen atoms in total. The predicted octanol–water partition coefficient (Wildman–Crippen LogP) is 3.96. The summed E-state index contributed by atoms with van der Waals surface area (Å²) in [5.74, 6) is 0.421. The van der Waals surface area contributed by atoms with Crippen LogP contribution in [0.4, 0.5) is 5.69 Å². The van der Waals surface area contributed by atoms with Crippen LogP contribution >= 0.6 is 23.2 Å². The molecule has 0 N–H and O–H groups in total. The van der Waals surface area contributed by atoms with Crippen LogP contribution in [0.15, 0.2) is 42.5 Å². The van der Waals surface area contributed by atoms with E-state index in [1.165, 1.54) is 5.56 Å². The maximum absolute atomic E-state index is 12.3. The van der Waals surface area contributed by atoms with Crippen LogP contribution in [-0.4, -0.2) is 19.1 Å². The van der Waals surface area contributed by atoms with E-state index in [0.29, 0.717) is 22.3 Å². The summed E-state index contributed by atoms with van der Waals surface area (Å²) < 4.78 is 5.50. The van der Waals surface area contributed by atoms with E-state index in [9.17, 15) is 4.79 Å². The third kappa shape index (κ3) is 3.14. The zero-order chi connectivity index (χ0) is 14.8. The molecule has 0 aromatic heterocycles. The molecule has 1 aliphatic heterocycles. The second kappa shape index (κ2) is 5.96. The first-order valence-corrected chi connectivity index (χ1v) is 7.36. The van der Waals surface area contributed by atoms with Gasteiger partial charge >= 0.3 is 0 Å². The van der Waals surface area contributed by atoms with Crippen molar-refractivity contribution in [1.82, 2.24) is 0 Å². The smallest absolute Gasteiger partial charge is 0.264 e. The summed E-state index contributed by atoms with van der Waals surface area (Å²) in [7, 11) is 0. The Morgan fingerprint density at radius 3 is 2.62 bits per heavy atom. The van der Waals surface area contributed by atoms with Crippen molar-refractivity contribution in [3.8, 4) is 5.75 Å². The Morgan fingerprint density at radius 1 is 1.14 bits per heavy atom. The summed E-state index contributed by atoms with van der Waals surface area (Å²) in [6.45, 7) is 0.656. The number of hydrogen-bond acceptors (Lipinski definition) is 2. The van der Waals surface area contributed by atoms with Gasteiger partial charge in [0, 0.05) is 22.3 Å². The third-order valence-electron chi connectivity index (χ3n) is 3.39. The first-order valence-electron chi connectivity index (χ1n) is 6.60. The Hall–Kier alpha value is -1.71. The van der Waals surface area contributed by atoms with Gasteiger partial charge in [0.1, 0.15) is 5.75 Å². The topological polar surface area (TPSA) is 29.5 Å². The lowest BCUT2D eigenvalue weighted by molar-refractivity contribution is -0.120. The summed E-state index contributed by atoms with van der Waals surface area (Å²) in [6.07, 6.45) is 0.880. The molecule has 0 bridgehead atoms. The molecular formula is C16H13Cl2NO2. The molecule has 1 aliphatic rings. The number of benzene rings is 2. The van der Waals surface area contributed by atoms with Crippen molar-refractivity contribution >= 4 is 34.8 Å². The van der Waals surface area contributed by atoms with Gasteiger partial charge in [-0.2, -0.15) is 0 Å². The molecule has 3 rings (SSSR count). The van der Waals surface area contributed by atoms with Crippen LogP contribution in [0.3, 0.4) is 0 Å². The zero-order valence-corrected chi connectivity index (χ0v) is 12.7. The number of fused-ring (bicyclic) bond motifs is 1. The summed E-state index contributed by atoms with van der Waals surface area (Å²) >= 11 is 11.8. The van der Waals surface area contributed by atoms with Crippen LogP contribution in [-0.2, 0) is 11.2 Å². The minimum absolute atomic E-state index is 0.0367. The van der Waals surface area contributed by atoms with E-state index in [-0.39, 0.29) is 12.5 Å². The number of para-hydroxylation sites is 1. The molecule has 2 aromatic carbocycles. The molecule has 21 heavy (non-hydrogen) atoms. The second-order valence-electron chi connectivity index (χ2n) is 4.82. The van der Waals surface area contributed by atoms with E-state index in [0.717, 1.165) is 12.1 Å². The fourth-order valence-corrected chi connectivity index (χ4v) is 2.94. The van der Waals surface area contributed by atoms with Gasteiger partial charge in [-0.15, -0.1) is 0 Å². The van der Waals surface area contributed by atoms with Crippen molar-refractivity contribution in [2.24, 2.45) is 0 Å². The zero-order valence-electron chi connectivity index (χ0n) is 11.2. The number of carbonyl (C=O) groups is 1. The molecule has 0 radical (unpaired) electrons. The predicted molar refractivity (Wildman–Crippen MR) is 84.5 cm³/mol. The summed E-state index contributed by atoms with van der Waals surface area (Å²) in [4.78, 5) is 14.0. The Bertz CT molecular complexity index is 667. The van der Waals surface area contributed by atoms with Gasteiger partial charge in [-0.1, -0.05) is 41.4 Å². The quantitative estimate of drug-likeness (QED) is 0.856. The van der Waals surface area contributed by atoms with Gasteiger partial charge in [-0.05, 0) is 36.2 Å². The number of hydrogen-bond donors (Lipinski definition) is 0. The van der Waals surface area contributed by atoms with Gasteiger partial charge in [-0.25, -0.2) is 0 Å². The summed E-state index contributed by atoms with van der Waals surface area (Å²) in [5, 5.41) is 0.966. The van der Waals surface area contributed by atoms with Crippen molar-refractivity contribution in [1.29, 1.82) is 0 Å². The first-order chi connectivity index (χ1) is 10.1. The monoisotopic (exact) mass is 321 g/mol. The standard InChI is InChI=1S/C16H13Cl2NO2/c17-12-7-13(18)9-14(8-12)21-10-16(20)19-6-5-11-3-1-2-4-15(11)19/h1-4,7-9H,5-6,10H2. The molecular weight excluding hydrogens is 309 g/mol. The number of amides is 1. The van der Waals surface area contributed by atoms with E-state index >= 15 is 0 Å². The lowest BCUT2D eigenvalue weighted by Gasteiger charge is -2.17. The van der Waals surface area contributed by atoms with Crippen LogP contribution in [0.2, 0.25) is 10.0 Å². The van der Waals surface area contributed by atoms with Gasteiger partial charge in [0.05, 0.1) is 0 Å². The minimum Gasteiger partial charge on any atom is -0.484 e. The number of carbonyl (C=O) groups excluding carboxylic acids is 1. The molecule has 2 aromatic rings. The lowest BCUT2D eigenvalue weighted by atomic mass is 10.2. The van der Waals surface area contributed by atoms with Crippen LogP contribution in [0, 0.1) is 0 Å². The SMILES string of the molecule is O=C(COc1cc(Cl)cc(Cl)c1)N1CCc2ccccc21. The number of anilines is 1. The third-order valence-corrected chi connectivity index (χ3v) is 3.82. The van der Waals surface area contributed by atoms with Gasteiger partial charge < -0.3 is 9.64 Å². The molecule has 0 aliphatic carbocycles. The van der Waals surface area contributed by atoms with Crippen LogP contribution in [0.25, 0.3) is 0 Å². The van der Waals surface area contributed by atoms with E-state index in [2.05, 4.69) is 0 Å². The Kier molecular flexibility index (Phi) is 4.04. The van der Waals surface area contributed by atoms with E-state index < -0.39 is 0 Å². The number of ether oxygens (including phenoxy) is 1. The molecule has 0 saturated heterocycles. The highest BCUT2D eigenvalue weighted by molar-refractivity contribution is 6.34. The second-order valence-corrected chi connectivity index (χ2v) is 5.69. The van der Waals surface area contributed by atoms with Crippen LogP contribution in [0.1, 0.15) is 5.56 Å². The van der Waals surface area contributed by atoms with E-state index in [4.69, 9.17) is 27.9 Å². The number of halogens is 2. The highest BCUT2D eigenvalue weighted by atomic mass is 35.5. The average Bonchev–Trinajstić information content (AvgIpc) is 2.88. The van der Waals surface area contributed by atoms with Crippen LogP contribution in [0.5, 0.6) is 5.75 Å². The number of rotatable bonds is 3. The number of nitrogens with zero attached hydrogens (tertiary/aromatic N) is 1. The van der Waals surface area contributed by atoms with Gasteiger partial charge in [0.2, 0.25) is 0 Å². The first kappa shape index (κ1) is 14.2. The maximum atomic E-state index is 12.3. The molecule has 0 fully saturated rings. The van der Waals surface area contributed by atoms with Crippen molar-refractivity contribution in [3.05, 3.63) is 58.1 Å². The van der Waals surface area contributed by atoms with E-state index in [1.54, 1.807) is 23.1 Å². The fourth-order valence-electron chi connectivity index (χ4n) is 2.43. The fraction of sp³-hybridized carbons (Fsp3) is 0.188. The lowest BCUT2D eigenvalue weighted by Crippen LogP contribution is -2.33. The molecule has 1 amide bonds. The maximum Gasteiger partial charge on any atom is 0.264 e. The van der Waals surface area contributed by atoms with Crippen molar-refractivity contribution in [2.45, 2.75) is 6.42 Å². The van der Waals surface area contributed by atoms with Crippen LogP contribution < -0.4 is 9.64 Å². The highest BCUT2D eigenvalue weighted by Crippen LogP contribution is 2.28. The van der Waals surface area contributed by atoms with Gasteiger partial charge in [0.25, 0.3) is 5.91 Å². The molecule has 0 saturated carbocycles.